The molecule has 1 unspecified atom stereocenters. The average molecular weight is 318 g/mol. The van der Waals surface area contributed by atoms with Crippen LogP contribution in [0, 0.1) is 6.92 Å². The van der Waals surface area contributed by atoms with E-state index in [9.17, 15) is 0 Å². The van der Waals surface area contributed by atoms with Gasteiger partial charge in [0.25, 0.3) is 0 Å². The van der Waals surface area contributed by atoms with Gasteiger partial charge in [0.05, 0.1) is 0 Å². The largest absolute Gasteiger partial charge is 0.485 e. The second-order valence-electron chi connectivity index (χ2n) is 5.01. The fourth-order valence-electron chi connectivity index (χ4n) is 2.54. The van der Waals surface area contributed by atoms with Crippen LogP contribution in [0.4, 0.5) is 0 Å². The van der Waals surface area contributed by atoms with Crippen molar-refractivity contribution >= 4 is 15.9 Å². The lowest BCUT2D eigenvalue weighted by Gasteiger charge is -2.31. The summed E-state index contributed by atoms with van der Waals surface area (Å²) in [6, 6.07) is 14.4. The third-order valence-electron chi connectivity index (χ3n) is 3.56. The highest BCUT2D eigenvalue weighted by molar-refractivity contribution is 9.10. The van der Waals surface area contributed by atoms with E-state index in [0.29, 0.717) is 0 Å². The predicted octanol–water partition coefficient (Wildman–Crippen LogP) is 4.28. The van der Waals surface area contributed by atoms with Crippen molar-refractivity contribution in [3.63, 3.8) is 0 Å². The Morgan fingerprint density at radius 3 is 2.74 bits per heavy atom. The zero-order valence-corrected chi connectivity index (χ0v) is 12.4. The molecule has 0 saturated heterocycles. The van der Waals surface area contributed by atoms with E-state index in [4.69, 9.17) is 10.5 Å². The minimum atomic E-state index is 0.0138. The van der Waals surface area contributed by atoms with Crippen LogP contribution in [0.15, 0.2) is 46.9 Å². The first-order valence-corrected chi connectivity index (χ1v) is 7.21. The number of rotatable bonds is 1. The average Bonchev–Trinajstić information content (AvgIpc) is 2.38. The minimum absolute atomic E-state index is 0.0138. The molecule has 19 heavy (non-hydrogen) atoms. The molecule has 0 saturated carbocycles. The van der Waals surface area contributed by atoms with Gasteiger partial charge >= 0.3 is 0 Å². The molecule has 2 aromatic rings. The van der Waals surface area contributed by atoms with Crippen molar-refractivity contribution in [2.45, 2.75) is 25.5 Å². The Bertz CT molecular complexity index is 611. The molecule has 0 bridgehead atoms. The quantitative estimate of drug-likeness (QED) is 0.852. The molecule has 0 aliphatic carbocycles. The molecule has 0 fully saturated rings. The van der Waals surface area contributed by atoms with Gasteiger partial charge in [-0.3, -0.25) is 0 Å². The summed E-state index contributed by atoms with van der Waals surface area (Å²) in [5.41, 5.74) is 9.75. The van der Waals surface area contributed by atoms with Gasteiger partial charge in [-0.05, 0) is 24.6 Å². The van der Waals surface area contributed by atoms with E-state index in [1.54, 1.807) is 0 Å². The number of aryl methyl sites for hydroxylation is 1. The molecule has 3 rings (SSSR count). The summed E-state index contributed by atoms with van der Waals surface area (Å²) in [5.74, 6) is 0.902. The van der Waals surface area contributed by atoms with E-state index >= 15 is 0 Å². The maximum absolute atomic E-state index is 6.26. The molecule has 0 spiro atoms. The van der Waals surface area contributed by atoms with Gasteiger partial charge < -0.3 is 10.5 Å². The summed E-state index contributed by atoms with van der Waals surface area (Å²) in [6.45, 7) is 2.08. The number of benzene rings is 2. The lowest BCUT2D eigenvalue weighted by Crippen LogP contribution is -2.24. The van der Waals surface area contributed by atoms with Gasteiger partial charge in [0, 0.05) is 28.1 Å². The Morgan fingerprint density at radius 2 is 1.95 bits per heavy atom. The first kappa shape index (κ1) is 12.7. The van der Waals surface area contributed by atoms with Gasteiger partial charge in [-0.1, -0.05) is 46.3 Å². The molecule has 1 heterocycles. The number of hydrogen-bond donors (Lipinski definition) is 1. The van der Waals surface area contributed by atoms with Crippen molar-refractivity contribution in [2.24, 2.45) is 5.73 Å². The number of fused-ring (bicyclic) bond motifs is 1. The van der Waals surface area contributed by atoms with Crippen LogP contribution in [0.5, 0.6) is 5.75 Å². The number of ether oxygens (including phenoxy) is 1. The highest BCUT2D eigenvalue weighted by Crippen LogP contribution is 2.41. The Balaban J connectivity index is 1.97. The number of nitrogens with two attached hydrogens (primary N) is 1. The van der Waals surface area contributed by atoms with Crippen LogP contribution in [-0.4, -0.2) is 0 Å². The maximum Gasteiger partial charge on any atom is 0.127 e. The molecular formula is C16H16BrNO. The van der Waals surface area contributed by atoms with Gasteiger partial charge in [0.15, 0.2) is 0 Å². The van der Waals surface area contributed by atoms with E-state index in [1.165, 1.54) is 5.56 Å². The molecule has 1 aliphatic rings. The van der Waals surface area contributed by atoms with Gasteiger partial charge in [-0.15, -0.1) is 0 Å². The van der Waals surface area contributed by atoms with Crippen molar-refractivity contribution in [3.8, 4) is 5.75 Å². The van der Waals surface area contributed by atoms with Crippen molar-refractivity contribution < 1.29 is 4.74 Å². The summed E-state index contributed by atoms with van der Waals surface area (Å²) >= 11 is 3.62. The predicted molar refractivity (Wildman–Crippen MR) is 80.2 cm³/mol. The summed E-state index contributed by atoms with van der Waals surface area (Å²) in [6.07, 6.45) is 0.818. The van der Waals surface area contributed by atoms with Crippen molar-refractivity contribution in [1.82, 2.24) is 0 Å². The maximum atomic E-state index is 6.26. The third-order valence-corrected chi connectivity index (χ3v) is 4.25. The van der Waals surface area contributed by atoms with Crippen LogP contribution < -0.4 is 10.5 Å². The second-order valence-corrected chi connectivity index (χ2v) is 5.87. The Hall–Kier alpha value is -1.32. The van der Waals surface area contributed by atoms with E-state index in [1.807, 2.05) is 24.3 Å². The Labute approximate surface area is 121 Å². The van der Waals surface area contributed by atoms with E-state index in [0.717, 1.165) is 27.8 Å². The molecule has 0 aromatic heterocycles. The number of para-hydroxylation sites is 1. The zero-order chi connectivity index (χ0) is 13.4. The van der Waals surface area contributed by atoms with Gasteiger partial charge in [-0.25, -0.2) is 0 Å². The van der Waals surface area contributed by atoms with Gasteiger partial charge in [-0.2, -0.15) is 0 Å². The van der Waals surface area contributed by atoms with Crippen molar-refractivity contribution in [2.75, 3.05) is 0 Å². The van der Waals surface area contributed by atoms with Gasteiger partial charge in [0.1, 0.15) is 11.9 Å². The normalized spacial score (nSPS) is 21.6. The lowest BCUT2D eigenvalue weighted by molar-refractivity contribution is 0.161. The zero-order valence-electron chi connectivity index (χ0n) is 10.8. The lowest BCUT2D eigenvalue weighted by atomic mass is 9.93. The second kappa shape index (κ2) is 4.99. The topological polar surface area (TPSA) is 35.2 Å². The van der Waals surface area contributed by atoms with Crippen molar-refractivity contribution in [3.05, 3.63) is 63.6 Å². The summed E-state index contributed by atoms with van der Waals surface area (Å²) in [4.78, 5) is 0. The van der Waals surface area contributed by atoms with E-state index < -0.39 is 0 Å². The standard InChI is InChI=1S/C16H16BrNO/c1-10-6-7-11(13(17)8-10)16-9-14(18)12-4-2-3-5-15(12)19-16/h2-8,14,16H,9,18H2,1H3/t14-,16?/m1/s1. The van der Waals surface area contributed by atoms with Crippen LogP contribution in [0.3, 0.4) is 0 Å². The number of halogens is 1. The van der Waals surface area contributed by atoms with Crippen LogP contribution in [0.25, 0.3) is 0 Å². The van der Waals surface area contributed by atoms with E-state index in [2.05, 4.69) is 41.1 Å². The fourth-order valence-corrected chi connectivity index (χ4v) is 3.29. The SMILES string of the molecule is Cc1ccc(C2C[C@@H](N)c3ccccc3O2)c(Br)c1. The first-order valence-electron chi connectivity index (χ1n) is 6.42. The summed E-state index contributed by atoms with van der Waals surface area (Å²) in [5, 5.41) is 0. The Morgan fingerprint density at radius 1 is 1.16 bits per heavy atom. The molecule has 98 valence electrons. The highest BCUT2D eigenvalue weighted by atomic mass is 79.9. The minimum Gasteiger partial charge on any atom is -0.485 e. The molecule has 0 amide bonds. The molecule has 3 heteroatoms. The molecule has 2 aromatic carbocycles. The van der Waals surface area contributed by atoms with Crippen LogP contribution in [-0.2, 0) is 0 Å². The smallest absolute Gasteiger partial charge is 0.127 e. The van der Waals surface area contributed by atoms with Crippen LogP contribution in [0.1, 0.15) is 35.3 Å². The Kier molecular flexibility index (Phi) is 3.33. The molecule has 2 N–H and O–H groups in total. The monoisotopic (exact) mass is 317 g/mol. The van der Waals surface area contributed by atoms with Crippen LogP contribution >= 0.6 is 15.9 Å². The molecule has 0 radical (unpaired) electrons. The molecule has 2 atom stereocenters. The van der Waals surface area contributed by atoms with Gasteiger partial charge in [0.2, 0.25) is 0 Å². The third kappa shape index (κ3) is 2.40. The fraction of sp³-hybridized carbons (Fsp3) is 0.250. The highest BCUT2D eigenvalue weighted by Gasteiger charge is 2.27. The van der Waals surface area contributed by atoms with E-state index in [-0.39, 0.29) is 12.1 Å². The molecule has 2 nitrogen and oxygen atoms in total. The summed E-state index contributed by atoms with van der Waals surface area (Å²) in [7, 11) is 0. The first-order chi connectivity index (χ1) is 9.15. The number of hydrogen-bond acceptors (Lipinski definition) is 2. The van der Waals surface area contributed by atoms with Crippen LogP contribution in [0.2, 0.25) is 0 Å². The summed E-state index contributed by atoms with van der Waals surface area (Å²) < 4.78 is 7.19. The molecular weight excluding hydrogens is 302 g/mol. The molecule has 1 aliphatic heterocycles. The van der Waals surface area contributed by atoms with Crippen molar-refractivity contribution in [1.29, 1.82) is 0 Å².